The quantitative estimate of drug-likeness (QED) is 0.193. The largest absolute Gasteiger partial charge is 0.507 e. The van der Waals surface area contributed by atoms with Gasteiger partial charge in [-0.15, -0.1) is 0 Å². The maximum atomic E-state index is 13.3. The van der Waals surface area contributed by atoms with Crippen molar-refractivity contribution < 1.29 is 33.7 Å². The Morgan fingerprint density at radius 3 is 2.37 bits per heavy atom. The van der Waals surface area contributed by atoms with Crippen LogP contribution in [0.5, 0.6) is 11.5 Å². The summed E-state index contributed by atoms with van der Waals surface area (Å²) in [6, 6.07) is 13.5. The summed E-state index contributed by atoms with van der Waals surface area (Å²) in [6.45, 7) is 1.99. The number of pyridine rings is 1. The number of amides is 1. The number of methoxy groups -OCH3 is 2. The second-order valence-corrected chi connectivity index (χ2v) is 8.69. The average Bonchev–Trinajstić information content (AvgIpc) is 3.18. The van der Waals surface area contributed by atoms with Crippen LogP contribution in [0.15, 0.2) is 66.4 Å². The lowest BCUT2D eigenvalue weighted by Crippen LogP contribution is -2.29. The summed E-state index contributed by atoms with van der Waals surface area (Å²) in [6.07, 6.45) is 1.54. The van der Waals surface area contributed by atoms with E-state index in [0.717, 1.165) is 0 Å². The minimum atomic E-state index is -0.994. The fraction of sp³-hybridized carbons (Fsp3) is 0.214. The fourth-order valence-electron chi connectivity index (χ4n) is 4.24. The number of aliphatic hydroxyl groups excluding tert-OH is 1. The van der Waals surface area contributed by atoms with Gasteiger partial charge >= 0.3 is 5.97 Å². The zero-order valence-electron chi connectivity index (χ0n) is 20.9. The number of Topliss-reactive ketones (excluding diaryl/α,β-unsaturated/α-hetero) is 1. The number of nitrogens with zero attached hydrogens (tertiary/aromatic N) is 2. The number of aromatic nitrogens is 1. The molecule has 38 heavy (non-hydrogen) atoms. The van der Waals surface area contributed by atoms with Crippen molar-refractivity contribution in [3.8, 4) is 11.5 Å². The molecule has 196 valence electrons. The molecular weight excluding hydrogens is 512 g/mol. The number of carbonyl (C=O) groups is 3. The van der Waals surface area contributed by atoms with Crippen molar-refractivity contribution in [2.45, 2.75) is 19.5 Å². The molecule has 1 atom stereocenters. The molecule has 1 unspecified atom stereocenters. The van der Waals surface area contributed by atoms with Gasteiger partial charge in [-0.3, -0.25) is 14.6 Å². The van der Waals surface area contributed by atoms with E-state index in [-0.39, 0.29) is 35.1 Å². The summed E-state index contributed by atoms with van der Waals surface area (Å²) in [5.74, 6) is -2.09. The van der Waals surface area contributed by atoms with Gasteiger partial charge in [0.25, 0.3) is 11.7 Å². The molecule has 1 aromatic heterocycles. The van der Waals surface area contributed by atoms with Crippen LogP contribution in [0.25, 0.3) is 5.76 Å². The molecule has 1 aliphatic heterocycles. The van der Waals surface area contributed by atoms with Crippen molar-refractivity contribution in [1.82, 2.24) is 9.88 Å². The van der Waals surface area contributed by atoms with Gasteiger partial charge in [0.2, 0.25) is 0 Å². The minimum Gasteiger partial charge on any atom is -0.507 e. The highest BCUT2D eigenvalue weighted by Crippen LogP contribution is 2.43. The molecular formula is C28H25ClN2O7. The fourth-order valence-corrected chi connectivity index (χ4v) is 4.48. The predicted molar refractivity (Wildman–Crippen MR) is 139 cm³/mol. The van der Waals surface area contributed by atoms with Gasteiger partial charge in [0.05, 0.1) is 48.2 Å². The van der Waals surface area contributed by atoms with Gasteiger partial charge in [-0.05, 0) is 42.8 Å². The lowest BCUT2D eigenvalue weighted by molar-refractivity contribution is -0.140. The number of halogens is 1. The van der Waals surface area contributed by atoms with Crippen molar-refractivity contribution in [3.05, 3.63) is 93.8 Å². The number of ketones is 1. The Hall–Kier alpha value is -4.37. The highest BCUT2D eigenvalue weighted by Gasteiger charge is 2.47. The Balaban J connectivity index is 1.81. The zero-order chi connectivity index (χ0) is 27.4. The molecule has 1 amide bonds. The molecule has 1 fully saturated rings. The van der Waals surface area contributed by atoms with E-state index in [0.29, 0.717) is 22.6 Å². The number of hydrogen-bond acceptors (Lipinski definition) is 8. The molecule has 1 N–H and O–H groups in total. The van der Waals surface area contributed by atoms with Gasteiger partial charge in [-0.25, -0.2) is 4.79 Å². The molecule has 0 radical (unpaired) electrons. The number of rotatable bonds is 8. The molecule has 3 aromatic rings. The number of benzene rings is 2. The van der Waals surface area contributed by atoms with Gasteiger partial charge in [0.1, 0.15) is 23.3 Å². The molecule has 2 heterocycles. The normalized spacial score (nSPS) is 16.4. The summed E-state index contributed by atoms with van der Waals surface area (Å²) >= 11 is 6.30. The summed E-state index contributed by atoms with van der Waals surface area (Å²) in [5.41, 5.74) is 1.37. The van der Waals surface area contributed by atoms with Crippen LogP contribution in [-0.2, 0) is 20.9 Å². The third kappa shape index (κ3) is 5.05. The van der Waals surface area contributed by atoms with E-state index in [4.69, 9.17) is 25.8 Å². The van der Waals surface area contributed by atoms with Gasteiger partial charge in [0.15, 0.2) is 0 Å². The first kappa shape index (κ1) is 26.7. The van der Waals surface area contributed by atoms with E-state index < -0.39 is 29.5 Å². The van der Waals surface area contributed by atoms with Crippen LogP contribution in [0.2, 0.25) is 5.02 Å². The summed E-state index contributed by atoms with van der Waals surface area (Å²) in [5, 5.41) is 11.6. The number of aliphatic hydroxyl groups is 1. The zero-order valence-corrected chi connectivity index (χ0v) is 21.7. The highest BCUT2D eigenvalue weighted by molar-refractivity contribution is 6.46. The van der Waals surface area contributed by atoms with E-state index in [9.17, 15) is 19.5 Å². The Labute approximate surface area is 224 Å². The van der Waals surface area contributed by atoms with E-state index in [2.05, 4.69) is 4.98 Å². The lowest BCUT2D eigenvalue weighted by Gasteiger charge is -2.25. The SMILES string of the molecule is CCOC(=O)c1ccc(CN2C(=O)C(=O)/C(=C(/O)c3cc(Cl)c(OC)cc3OC)C2c2ccccn2)cc1. The third-order valence-electron chi connectivity index (χ3n) is 6.05. The van der Waals surface area contributed by atoms with Gasteiger partial charge < -0.3 is 24.2 Å². The maximum absolute atomic E-state index is 13.3. The lowest BCUT2D eigenvalue weighted by atomic mass is 9.97. The molecule has 4 rings (SSSR count). The molecule has 0 aliphatic carbocycles. The summed E-state index contributed by atoms with van der Waals surface area (Å²) in [7, 11) is 2.83. The number of carbonyl (C=O) groups excluding carboxylic acids is 3. The smallest absolute Gasteiger partial charge is 0.338 e. The molecule has 1 aliphatic rings. The molecule has 0 saturated carbocycles. The first-order chi connectivity index (χ1) is 18.3. The first-order valence-corrected chi connectivity index (χ1v) is 12.1. The van der Waals surface area contributed by atoms with Crippen molar-refractivity contribution in [1.29, 1.82) is 0 Å². The number of likely N-dealkylation sites (tertiary alicyclic amines) is 1. The van der Waals surface area contributed by atoms with Gasteiger partial charge in [-0.1, -0.05) is 29.8 Å². The molecule has 9 nitrogen and oxygen atoms in total. The highest BCUT2D eigenvalue weighted by atomic mass is 35.5. The number of esters is 1. The van der Waals surface area contributed by atoms with E-state index in [1.165, 1.54) is 37.4 Å². The topological polar surface area (TPSA) is 115 Å². The second-order valence-electron chi connectivity index (χ2n) is 8.29. The van der Waals surface area contributed by atoms with Crippen molar-refractivity contribution in [2.24, 2.45) is 0 Å². The van der Waals surface area contributed by atoms with Crippen LogP contribution >= 0.6 is 11.6 Å². The predicted octanol–water partition coefficient (Wildman–Crippen LogP) is 4.55. The van der Waals surface area contributed by atoms with E-state index in [1.807, 2.05) is 0 Å². The maximum Gasteiger partial charge on any atom is 0.338 e. The number of ether oxygens (including phenoxy) is 3. The van der Waals surface area contributed by atoms with Crippen LogP contribution in [-0.4, -0.2) is 53.5 Å². The number of hydrogen-bond donors (Lipinski definition) is 1. The van der Waals surface area contributed by atoms with Gasteiger partial charge in [-0.2, -0.15) is 0 Å². The van der Waals surface area contributed by atoms with Crippen LogP contribution < -0.4 is 9.47 Å². The molecule has 10 heteroatoms. The van der Waals surface area contributed by atoms with E-state index >= 15 is 0 Å². The molecule has 1 saturated heterocycles. The summed E-state index contributed by atoms with van der Waals surface area (Å²) in [4.78, 5) is 44.3. The average molecular weight is 537 g/mol. The van der Waals surface area contributed by atoms with Gasteiger partial charge in [0, 0.05) is 18.8 Å². The van der Waals surface area contributed by atoms with Crippen molar-refractivity contribution in [3.63, 3.8) is 0 Å². The Morgan fingerprint density at radius 2 is 1.76 bits per heavy atom. The first-order valence-electron chi connectivity index (χ1n) is 11.7. The third-order valence-corrected chi connectivity index (χ3v) is 6.35. The van der Waals surface area contributed by atoms with Crippen molar-refractivity contribution >= 4 is 35.0 Å². The Morgan fingerprint density at radius 1 is 1.05 bits per heavy atom. The monoisotopic (exact) mass is 536 g/mol. The summed E-state index contributed by atoms with van der Waals surface area (Å²) < 4.78 is 15.6. The Kier molecular flexibility index (Phi) is 7.97. The molecule has 0 bridgehead atoms. The van der Waals surface area contributed by atoms with E-state index in [1.54, 1.807) is 49.4 Å². The minimum absolute atomic E-state index is 0.0200. The second kappa shape index (κ2) is 11.4. The molecule has 0 spiro atoms. The Bertz CT molecular complexity index is 1400. The van der Waals surface area contributed by atoms with Crippen LogP contribution in [0.3, 0.4) is 0 Å². The van der Waals surface area contributed by atoms with Crippen LogP contribution in [0.4, 0.5) is 0 Å². The molecule has 2 aromatic carbocycles. The standard InChI is InChI=1S/C28H25ClN2O7/c1-4-38-28(35)17-10-8-16(9-11-17)15-31-24(20-7-5-6-12-30-20)23(26(33)27(31)34)25(32)18-13-19(29)22(37-3)14-21(18)36-2/h5-14,24,32H,4,15H2,1-3H3/b25-23+. The van der Waals surface area contributed by atoms with Crippen molar-refractivity contribution in [2.75, 3.05) is 20.8 Å². The van der Waals surface area contributed by atoms with Crippen LogP contribution in [0.1, 0.15) is 40.1 Å². The van der Waals surface area contributed by atoms with Crippen LogP contribution in [0, 0.1) is 0 Å².